The Morgan fingerprint density at radius 3 is 2.12 bits per heavy atom. The molecule has 1 amide bonds. The monoisotopic (exact) mass is 447 g/mol. The van der Waals surface area contributed by atoms with E-state index in [2.05, 4.69) is 17.2 Å². The lowest BCUT2D eigenvalue weighted by atomic mass is 10.1. The van der Waals surface area contributed by atoms with Crippen LogP contribution >= 0.6 is 0 Å². The molecule has 32 heavy (non-hydrogen) atoms. The Bertz CT molecular complexity index is 1320. The van der Waals surface area contributed by atoms with Gasteiger partial charge in [0.25, 0.3) is 5.91 Å². The van der Waals surface area contributed by atoms with Gasteiger partial charge in [-0.1, -0.05) is 36.1 Å². The van der Waals surface area contributed by atoms with Crippen molar-refractivity contribution < 1.29 is 22.7 Å². The van der Waals surface area contributed by atoms with E-state index < -0.39 is 15.8 Å². The van der Waals surface area contributed by atoms with E-state index in [9.17, 15) is 18.0 Å². The third-order valence-electron chi connectivity index (χ3n) is 4.40. The molecule has 162 valence electrons. The van der Waals surface area contributed by atoms with Crippen molar-refractivity contribution in [2.45, 2.75) is 5.75 Å². The molecule has 3 rings (SSSR count). The molecule has 6 nitrogen and oxygen atoms in total. The van der Waals surface area contributed by atoms with Crippen LogP contribution in [0.15, 0.2) is 72.8 Å². The van der Waals surface area contributed by atoms with Crippen molar-refractivity contribution in [2.24, 2.45) is 0 Å². The van der Waals surface area contributed by atoms with Gasteiger partial charge in [-0.25, -0.2) is 13.2 Å². The smallest absolute Gasteiger partial charge is 0.337 e. The summed E-state index contributed by atoms with van der Waals surface area (Å²) >= 11 is 0. The molecule has 0 heterocycles. The summed E-state index contributed by atoms with van der Waals surface area (Å²) in [7, 11) is -1.81. The number of sulfone groups is 1. The number of hydrogen-bond acceptors (Lipinski definition) is 5. The van der Waals surface area contributed by atoms with Gasteiger partial charge in [-0.3, -0.25) is 4.79 Å². The predicted octanol–water partition coefficient (Wildman–Crippen LogP) is 3.67. The van der Waals surface area contributed by atoms with E-state index in [-0.39, 0.29) is 11.7 Å². The SMILES string of the molecule is COC(=O)c1cccc(C#Cc2cccc(NC(=O)c3ccc(CS(C)(=O)=O)cc3)c2)c1. The van der Waals surface area contributed by atoms with Crippen LogP contribution in [0.1, 0.15) is 37.4 Å². The molecule has 0 fully saturated rings. The lowest BCUT2D eigenvalue weighted by Crippen LogP contribution is -2.12. The van der Waals surface area contributed by atoms with E-state index >= 15 is 0 Å². The third-order valence-corrected chi connectivity index (χ3v) is 5.26. The highest BCUT2D eigenvalue weighted by Crippen LogP contribution is 2.14. The van der Waals surface area contributed by atoms with Gasteiger partial charge in [-0.2, -0.15) is 0 Å². The average Bonchev–Trinajstić information content (AvgIpc) is 2.77. The number of amides is 1. The quantitative estimate of drug-likeness (QED) is 0.476. The van der Waals surface area contributed by atoms with Gasteiger partial charge in [0.1, 0.15) is 0 Å². The summed E-state index contributed by atoms with van der Waals surface area (Å²) in [5.41, 5.74) is 3.38. The molecule has 0 aliphatic heterocycles. The molecule has 0 unspecified atom stereocenters. The minimum Gasteiger partial charge on any atom is -0.465 e. The summed E-state index contributed by atoms with van der Waals surface area (Å²) in [6.45, 7) is 0. The molecule has 0 saturated carbocycles. The molecule has 0 saturated heterocycles. The number of methoxy groups -OCH3 is 1. The van der Waals surface area contributed by atoms with E-state index in [4.69, 9.17) is 4.74 Å². The number of nitrogens with one attached hydrogen (secondary N) is 1. The normalized spacial score (nSPS) is 10.6. The van der Waals surface area contributed by atoms with Gasteiger partial charge in [-0.15, -0.1) is 0 Å². The van der Waals surface area contributed by atoms with Gasteiger partial charge in [0.15, 0.2) is 9.84 Å². The van der Waals surface area contributed by atoms with Crippen LogP contribution in [0.3, 0.4) is 0 Å². The molecular formula is C25H21NO5S. The summed E-state index contributed by atoms with van der Waals surface area (Å²) in [6, 6.07) is 20.3. The van der Waals surface area contributed by atoms with Crippen molar-refractivity contribution in [1.29, 1.82) is 0 Å². The van der Waals surface area contributed by atoms with Crippen molar-refractivity contribution in [3.05, 3.63) is 101 Å². The number of rotatable bonds is 5. The van der Waals surface area contributed by atoms with E-state index in [0.29, 0.717) is 33.5 Å². The van der Waals surface area contributed by atoms with Crippen LogP contribution in [0, 0.1) is 11.8 Å². The molecule has 0 radical (unpaired) electrons. The Morgan fingerprint density at radius 2 is 1.50 bits per heavy atom. The zero-order valence-corrected chi connectivity index (χ0v) is 18.4. The van der Waals surface area contributed by atoms with Gasteiger partial charge in [0.2, 0.25) is 0 Å². The number of benzene rings is 3. The number of hydrogen-bond donors (Lipinski definition) is 1. The van der Waals surface area contributed by atoms with Gasteiger partial charge >= 0.3 is 5.97 Å². The second kappa shape index (κ2) is 9.94. The summed E-state index contributed by atoms with van der Waals surface area (Å²) in [5, 5.41) is 2.81. The van der Waals surface area contributed by atoms with E-state index in [1.165, 1.54) is 13.4 Å². The average molecular weight is 448 g/mol. The predicted molar refractivity (Wildman–Crippen MR) is 123 cm³/mol. The number of carbonyl (C=O) groups is 2. The Hall–Kier alpha value is -3.89. The summed E-state index contributed by atoms with van der Waals surface area (Å²) in [4.78, 5) is 24.2. The Kier molecular flexibility index (Phi) is 7.08. The van der Waals surface area contributed by atoms with Gasteiger partial charge in [-0.05, 0) is 54.1 Å². The molecule has 0 atom stereocenters. The molecule has 7 heteroatoms. The van der Waals surface area contributed by atoms with Crippen LogP contribution in [0.4, 0.5) is 5.69 Å². The van der Waals surface area contributed by atoms with Crippen LogP contribution in [-0.2, 0) is 20.3 Å². The fraction of sp³-hybridized carbons (Fsp3) is 0.120. The van der Waals surface area contributed by atoms with E-state index in [0.717, 1.165) is 0 Å². The van der Waals surface area contributed by atoms with E-state index in [1.54, 1.807) is 66.7 Å². The molecule has 3 aromatic rings. The number of ether oxygens (including phenoxy) is 1. The second-order valence-electron chi connectivity index (χ2n) is 7.12. The first-order valence-electron chi connectivity index (χ1n) is 9.62. The lowest BCUT2D eigenvalue weighted by Gasteiger charge is -2.07. The number of anilines is 1. The Balaban J connectivity index is 1.71. The van der Waals surface area contributed by atoms with Crippen molar-refractivity contribution in [3.63, 3.8) is 0 Å². The van der Waals surface area contributed by atoms with Crippen LogP contribution in [-0.4, -0.2) is 33.7 Å². The van der Waals surface area contributed by atoms with Crippen molar-refractivity contribution in [3.8, 4) is 11.8 Å². The summed E-state index contributed by atoms with van der Waals surface area (Å²) < 4.78 is 27.5. The molecule has 0 spiro atoms. The van der Waals surface area contributed by atoms with Gasteiger partial charge in [0.05, 0.1) is 18.4 Å². The van der Waals surface area contributed by atoms with Crippen LogP contribution in [0.5, 0.6) is 0 Å². The maximum atomic E-state index is 12.5. The Labute approximate surface area is 187 Å². The lowest BCUT2D eigenvalue weighted by molar-refractivity contribution is 0.0600. The topological polar surface area (TPSA) is 89.5 Å². The first-order chi connectivity index (χ1) is 15.2. The minimum absolute atomic E-state index is 0.0713. The van der Waals surface area contributed by atoms with E-state index in [1.807, 2.05) is 6.07 Å². The maximum absolute atomic E-state index is 12.5. The van der Waals surface area contributed by atoms with Crippen LogP contribution in [0.2, 0.25) is 0 Å². The minimum atomic E-state index is -3.13. The fourth-order valence-corrected chi connectivity index (χ4v) is 3.72. The van der Waals surface area contributed by atoms with Crippen LogP contribution in [0.25, 0.3) is 0 Å². The molecule has 0 aliphatic rings. The third kappa shape index (κ3) is 6.56. The van der Waals surface area contributed by atoms with Gasteiger partial charge in [0, 0.05) is 28.6 Å². The summed E-state index contributed by atoms with van der Waals surface area (Å²) in [6.07, 6.45) is 1.17. The van der Waals surface area contributed by atoms with Gasteiger partial charge < -0.3 is 10.1 Å². The standard InChI is InChI=1S/C25H21NO5S/c1-31-25(28)22-7-3-5-18(15-22)9-10-19-6-4-8-23(16-19)26-24(27)21-13-11-20(12-14-21)17-32(2,29)30/h3-8,11-16H,17H2,1-2H3,(H,26,27). The molecule has 3 aromatic carbocycles. The van der Waals surface area contributed by atoms with Crippen LogP contribution < -0.4 is 5.32 Å². The largest absolute Gasteiger partial charge is 0.465 e. The number of carbonyl (C=O) groups excluding carboxylic acids is 2. The Morgan fingerprint density at radius 1 is 0.875 bits per heavy atom. The first-order valence-corrected chi connectivity index (χ1v) is 11.7. The second-order valence-corrected chi connectivity index (χ2v) is 9.26. The van der Waals surface area contributed by atoms with Crippen molar-refractivity contribution in [2.75, 3.05) is 18.7 Å². The zero-order valence-electron chi connectivity index (χ0n) is 17.6. The highest BCUT2D eigenvalue weighted by Gasteiger charge is 2.09. The summed E-state index contributed by atoms with van der Waals surface area (Å²) in [5.74, 6) is 5.20. The highest BCUT2D eigenvalue weighted by atomic mass is 32.2. The van der Waals surface area contributed by atoms with Crippen molar-refractivity contribution >= 4 is 27.4 Å². The number of esters is 1. The fourth-order valence-electron chi connectivity index (χ4n) is 2.92. The van der Waals surface area contributed by atoms with Crippen molar-refractivity contribution in [1.82, 2.24) is 0 Å². The molecule has 0 aliphatic carbocycles. The molecule has 0 bridgehead atoms. The molecule has 1 N–H and O–H groups in total. The first kappa shape index (κ1) is 22.8. The highest BCUT2D eigenvalue weighted by molar-refractivity contribution is 7.89. The molecular weight excluding hydrogens is 426 g/mol. The maximum Gasteiger partial charge on any atom is 0.337 e. The zero-order chi connectivity index (χ0) is 23.1. The molecule has 0 aromatic heterocycles.